The fraction of sp³-hybridized carbons (Fsp3) is 0.556. The van der Waals surface area contributed by atoms with E-state index >= 15 is 0 Å². The van der Waals surface area contributed by atoms with E-state index in [1.165, 1.54) is 12.8 Å². The number of methoxy groups -OCH3 is 1. The SMILES string of the molecule is COc1ccc(N2C[C@H](C(=O)NCCN(C)C3CC3)CC2=O)cc1. The summed E-state index contributed by atoms with van der Waals surface area (Å²) in [5.41, 5.74) is 0.810. The summed E-state index contributed by atoms with van der Waals surface area (Å²) in [7, 11) is 3.70. The zero-order valence-electron chi connectivity index (χ0n) is 14.3. The first-order valence-corrected chi connectivity index (χ1v) is 8.51. The predicted molar refractivity (Wildman–Crippen MR) is 92.1 cm³/mol. The lowest BCUT2D eigenvalue weighted by molar-refractivity contribution is -0.126. The molecule has 130 valence electrons. The van der Waals surface area contributed by atoms with Crippen LogP contribution in [0.2, 0.25) is 0 Å². The van der Waals surface area contributed by atoms with Crippen molar-refractivity contribution in [3.05, 3.63) is 24.3 Å². The van der Waals surface area contributed by atoms with Crippen molar-refractivity contribution >= 4 is 17.5 Å². The number of amides is 2. The summed E-state index contributed by atoms with van der Waals surface area (Å²) in [6.45, 7) is 1.94. The lowest BCUT2D eigenvalue weighted by Crippen LogP contribution is -2.38. The highest BCUT2D eigenvalue weighted by Crippen LogP contribution is 2.27. The maximum atomic E-state index is 12.3. The Labute approximate surface area is 142 Å². The number of carbonyl (C=O) groups is 2. The van der Waals surface area contributed by atoms with Gasteiger partial charge in [-0.2, -0.15) is 0 Å². The van der Waals surface area contributed by atoms with Crippen LogP contribution in [0.3, 0.4) is 0 Å². The van der Waals surface area contributed by atoms with Crippen molar-refractivity contribution in [2.75, 3.05) is 38.7 Å². The molecule has 1 heterocycles. The Hall–Kier alpha value is -2.08. The molecule has 0 unspecified atom stereocenters. The van der Waals surface area contributed by atoms with Gasteiger partial charge in [0.1, 0.15) is 5.75 Å². The summed E-state index contributed by atoms with van der Waals surface area (Å²) >= 11 is 0. The van der Waals surface area contributed by atoms with Crippen LogP contribution in [0.5, 0.6) is 5.75 Å². The molecule has 6 heteroatoms. The van der Waals surface area contributed by atoms with E-state index in [9.17, 15) is 9.59 Å². The fourth-order valence-electron chi connectivity index (χ4n) is 3.09. The number of anilines is 1. The second-order valence-corrected chi connectivity index (χ2v) is 6.61. The fourth-order valence-corrected chi connectivity index (χ4v) is 3.09. The maximum Gasteiger partial charge on any atom is 0.227 e. The van der Waals surface area contributed by atoms with Crippen molar-refractivity contribution in [3.63, 3.8) is 0 Å². The summed E-state index contributed by atoms with van der Waals surface area (Å²) in [5, 5.41) is 2.97. The number of benzene rings is 1. The van der Waals surface area contributed by atoms with Crippen LogP contribution in [-0.4, -0.2) is 56.5 Å². The monoisotopic (exact) mass is 331 g/mol. The van der Waals surface area contributed by atoms with Crippen molar-refractivity contribution in [1.82, 2.24) is 10.2 Å². The van der Waals surface area contributed by atoms with Gasteiger partial charge in [-0.15, -0.1) is 0 Å². The molecule has 1 aromatic rings. The summed E-state index contributed by atoms with van der Waals surface area (Å²) in [6, 6.07) is 8.04. The molecule has 24 heavy (non-hydrogen) atoms. The van der Waals surface area contributed by atoms with E-state index in [0.29, 0.717) is 19.1 Å². The van der Waals surface area contributed by atoms with E-state index in [4.69, 9.17) is 4.74 Å². The number of ether oxygens (including phenoxy) is 1. The molecule has 0 aromatic heterocycles. The molecule has 1 atom stereocenters. The summed E-state index contributed by atoms with van der Waals surface area (Å²) in [4.78, 5) is 28.5. The molecule has 0 bridgehead atoms. The third-order valence-electron chi connectivity index (χ3n) is 4.81. The largest absolute Gasteiger partial charge is 0.497 e. The van der Waals surface area contributed by atoms with Crippen LogP contribution in [0, 0.1) is 5.92 Å². The van der Waals surface area contributed by atoms with E-state index in [1.54, 1.807) is 12.0 Å². The molecule has 0 radical (unpaired) electrons. The number of carbonyl (C=O) groups excluding carboxylic acids is 2. The average Bonchev–Trinajstić information content (AvgIpc) is 3.37. The highest BCUT2D eigenvalue weighted by atomic mass is 16.5. The van der Waals surface area contributed by atoms with Gasteiger partial charge in [0.15, 0.2) is 0 Å². The van der Waals surface area contributed by atoms with Crippen LogP contribution in [-0.2, 0) is 9.59 Å². The molecular formula is C18H25N3O3. The number of hydrogen-bond donors (Lipinski definition) is 1. The van der Waals surface area contributed by atoms with Gasteiger partial charge in [0.05, 0.1) is 13.0 Å². The molecule has 6 nitrogen and oxygen atoms in total. The first kappa shape index (κ1) is 16.8. The summed E-state index contributed by atoms with van der Waals surface area (Å²) in [6.07, 6.45) is 2.80. The molecule has 2 amide bonds. The Morgan fingerprint density at radius 2 is 2.04 bits per heavy atom. The number of hydrogen-bond acceptors (Lipinski definition) is 4. The van der Waals surface area contributed by atoms with Crippen molar-refractivity contribution < 1.29 is 14.3 Å². The van der Waals surface area contributed by atoms with Gasteiger partial charge < -0.3 is 19.9 Å². The van der Waals surface area contributed by atoms with Crippen LogP contribution < -0.4 is 15.0 Å². The normalized spacial score (nSPS) is 20.5. The first-order chi connectivity index (χ1) is 11.6. The summed E-state index contributed by atoms with van der Waals surface area (Å²) < 4.78 is 5.13. The van der Waals surface area contributed by atoms with Crippen LogP contribution in [0.4, 0.5) is 5.69 Å². The molecule has 1 N–H and O–H groups in total. The quantitative estimate of drug-likeness (QED) is 0.817. The van der Waals surface area contributed by atoms with E-state index in [2.05, 4.69) is 17.3 Å². The Morgan fingerprint density at radius 1 is 1.33 bits per heavy atom. The van der Waals surface area contributed by atoms with E-state index in [0.717, 1.165) is 18.0 Å². The number of nitrogens with one attached hydrogen (secondary N) is 1. The number of nitrogens with zero attached hydrogens (tertiary/aromatic N) is 2. The van der Waals surface area contributed by atoms with Gasteiger partial charge in [0.2, 0.25) is 11.8 Å². The van der Waals surface area contributed by atoms with Crippen molar-refractivity contribution in [1.29, 1.82) is 0 Å². The zero-order valence-corrected chi connectivity index (χ0v) is 14.3. The lowest BCUT2D eigenvalue weighted by Gasteiger charge is -2.18. The van der Waals surface area contributed by atoms with Crippen molar-refractivity contribution in [2.45, 2.75) is 25.3 Å². The molecule has 1 aliphatic carbocycles. The maximum absolute atomic E-state index is 12.3. The zero-order chi connectivity index (χ0) is 17.1. The predicted octanol–water partition coefficient (Wildman–Crippen LogP) is 1.26. The third-order valence-corrected chi connectivity index (χ3v) is 4.81. The molecule has 1 aliphatic heterocycles. The Bertz CT molecular complexity index is 598. The average molecular weight is 331 g/mol. The van der Waals surface area contributed by atoms with E-state index in [-0.39, 0.29) is 24.2 Å². The minimum Gasteiger partial charge on any atom is -0.497 e. The molecule has 0 spiro atoms. The smallest absolute Gasteiger partial charge is 0.227 e. The van der Waals surface area contributed by atoms with Gasteiger partial charge in [-0.25, -0.2) is 0 Å². The lowest BCUT2D eigenvalue weighted by atomic mass is 10.1. The topological polar surface area (TPSA) is 61.9 Å². The number of rotatable bonds is 7. The van der Waals surface area contributed by atoms with Crippen LogP contribution in [0.1, 0.15) is 19.3 Å². The standard InChI is InChI=1S/C18H25N3O3/c1-20(14-3-4-14)10-9-19-18(23)13-11-17(22)21(12-13)15-5-7-16(24-2)8-6-15/h5-8,13-14H,3-4,9-12H2,1-2H3,(H,19,23)/t13-/m1/s1. The Kier molecular flexibility index (Phi) is 5.04. The van der Waals surface area contributed by atoms with Gasteiger partial charge in [-0.1, -0.05) is 0 Å². The van der Waals surface area contributed by atoms with Gasteiger partial charge in [-0.3, -0.25) is 9.59 Å². The second-order valence-electron chi connectivity index (χ2n) is 6.61. The molecular weight excluding hydrogens is 306 g/mol. The van der Waals surface area contributed by atoms with Crippen LogP contribution >= 0.6 is 0 Å². The van der Waals surface area contributed by atoms with Gasteiger partial charge in [0, 0.05) is 37.8 Å². The van der Waals surface area contributed by atoms with Crippen LogP contribution in [0.15, 0.2) is 24.3 Å². The van der Waals surface area contributed by atoms with Gasteiger partial charge >= 0.3 is 0 Å². The van der Waals surface area contributed by atoms with E-state index in [1.807, 2.05) is 24.3 Å². The highest BCUT2D eigenvalue weighted by Gasteiger charge is 2.35. The minimum atomic E-state index is -0.272. The summed E-state index contributed by atoms with van der Waals surface area (Å²) in [5.74, 6) is 0.448. The molecule has 2 fully saturated rings. The highest BCUT2D eigenvalue weighted by molar-refractivity contribution is 6.00. The third kappa shape index (κ3) is 3.87. The molecule has 1 aromatic carbocycles. The van der Waals surface area contributed by atoms with Gasteiger partial charge in [0.25, 0.3) is 0 Å². The number of likely N-dealkylation sites (N-methyl/N-ethyl adjacent to an activating group) is 1. The molecule has 3 rings (SSSR count). The van der Waals surface area contributed by atoms with Crippen molar-refractivity contribution in [2.24, 2.45) is 5.92 Å². The Balaban J connectivity index is 1.50. The van der Waals surface area contributed by atoms with E-state index < -0.39 is 0 Å². The molecule has 1 saturated heterocycles. The van der Waals surface area contributed by atoms with Crippen molar-refractivity contribution in [3.8, 4) is 5.75 Å². The van der Waals surface area contributed by atoms with Gasteiger partial charge in [-0.05, 0) is 44.2 Å². The van der Waals surface area contributed by atoms with Crippen LogP contribution in [0.25, 0.3) is 0 Å². The second kappa shape index (κ2) is 7.21. The molecule has 1 saturated carbocycles. The first-order valence-electron chi connectivity index (χ1n) is 8.51. The Morgan fingerprint density at radius 3 is 2.67 bits per heavy atom. The molecule has 2 aliphatic rings. The minimum absolute atomic E-state index is 0.00425.